The second-order valence-electron chi connectivity index (χ2n) is 6.40. The van der Waals surface area contributed by atoms with Crippen molar-refractivity contribution in [3.63, 3.8) is 0 Å². The van der Waals surface area contributed by atoms with Gasteiger partial charge >= 0.3 is 0 Å². The molecule has 0 bridgehead atoms. The molecule has 0 amide bonds. The molecule has 1 N–H and O–H groups in total. The van der Waals surface area contributed by atoms with Crippen LogP contribution in [0.15, 0.2) is 0 Å². The van der Waals surface area contributed by atoms with Crippen molar-refractivity contribution in [3.8, 4) is 0 Å². The molecule has 98 valence electrons. The Balaban J connectivity index is 1.56. The minimum atomic E-state index is 0.792. The second kappa shape index (κ2) is 5.27. The van der Waals surface area contributed by atoms with Crippen LogP contribution in [0.4, 0.5) is 0 Å². The summed E-state index contributed by atoms with van der Waals surface area (Å²) in [6.45, 7) is 6.11. The maximum atomic E-state index is 3.73. The minimum Gasteiger partial charge on any atom is -0.313 e. The van der Waals surface area contributed by atoms with Gasteiger partial charge in [-0.25, -0.2) is 0 Å². The molecule has 17 heavy (non-hydrogen) atoms. The first kappa shape index (κ1) is 12.0. The van der Waals surface area contributed by atoms with Crippen molar-refractivity contribution in [2.75, 3.05) is 19.6 Å². The summed E-state index contributed by atoms with van der Waals surface area (Å²) in [6, 6.07) is 1.74. The van der Waals surface area contributed by atoms with E-state index in [-0.39, 0.29) is 0 Å². The smallest absolute Gasteiger partial charge is 0.0223 e. The fourth-order valence-corrected chi connectivity index (χ4v) is 4.12. The van der Waals surface area contributed by atoms with E-state index in [1.165, 1.54) is 58.0 Å². The minimum absolute atomic E-state index is 0.792. The van der Waals surface area contributed by atoms with Crippen LogP contribution in [0.3, 0.4) is 0 Å². The Morgan fingerprint density at radius 1 is 1.12 bits per heavy atom. The van der Waals surface area contributed by atoms with E-state index >= 15 is 0 Å². The van der Waals surface area contributed by atoms with Gasteiger partial charge in [-0.2, -0.15) is 0 Å². The van der Waals surface area contributed by atoms with Crippen LogP contribution in [0.2, 0.25) is 0 Å². The number of nitrogens with zero attached hydrogens (tertiary/aromatic N) is 1. The van der Waals surface area contributed by atoms with Crippen LogP contribution in [-0.2, 0) is 0 Å². The summed E-state index contributed by atoms with van der Waals surface area (Å²) in [5.74, 6) is 2.04. The van der Waals surface area contributed by atoms with Crippen LogP contribution < -0.4 is 5.32 Å². The highest BCUT2D eigenvalue weighted by molar-refractivity contribution is 4.94. The molecule has 0 radical (unpaired) electrons. The van der Waals surface area contributed by atoms with E-state index in [1.54, 1.807) is 0 Å². The van der Waals surface area contributed by atoms with Gasteiger partial charge in [0.25, 0.3) is 0 Å². The number of likely N-dealkylation sites (N-methyl/N-ethyl adjacent to an activating group) is 1. The quantitative estimate of drug-likeness (QED) is 0.789. The highest BCUT2D eigenvalue weighted by atomic mass is 15.2. The molecule has 3 rings (SSSR count). The van der Waals surface area contributed by atoms with E-state index in [0.29, 0.717) is 0 Å². The van der Waals surface area contributed by atoms with Crippen molar-refractivity contribution >= 4 is 0 Å². The highest BCUT2D eigenvalue weighted by Gasteiger charge is 2.39. The molecule has 1 aliphatic heterocycles. The molecule has 2 heteroatoms. The van der Waals surface area contributed by atoms with Crippen LogP contribution in [0, 0.1) is 11.8 Å². The van der Waals surface area contributed by atoms with Crippen molar-refractivity contribution in [2.24, 2.45) is 11.8 Å². The van der Waals surface area contributed by atoms with E-state index in [9.17, 15) is 0 Å². The molecule has 1 heterocycles. The fraction of sp³-hybridized carbons (Fsp3) is 1.00. The molecule has 2 nitrogen and oxygen atoms in total. The van der Waals surface area contributed by atoms with E-state index in [4.69, 9.17) is 0 Å². The summed E-state index contributed by atoms with van der Waals surface area (Å²) < 4.78 is 0. The van der Waals surface area contributed by atoms with Gasteiger partial charge in [0.2, 0.25) is 0 Å². The molecule has 3 atom stereocenters. The maximum Gasteiger partial charge on any atom is 0.0223 e. The van der Waals surface area contributed by atoms with Crippen molar-refractivity contribution in [1.29, 1.82) is 0 Å². The van der Waals surface area contributed by atoms with Gasteiger partial charge in [0, 0.05) is 18.6 Å². The third-order valence-corrected chi connectivity index (χ3v) is 5.21. The zero-order chi connectivity index (χ0) is 11.7. The predicted octanol–water partition coefficient (Wildman–Crippen LogP) is 2.64. The first-order chi connectivity index (χ1) is 8.38. The molecule has 2 aliphatic carbocycles. The Hall–Kier alpha value is -0.0800. The van der Waals surface area contributed by atoms with Gasteiger partial charge < -0.3 is 5.32 Å². The largest absolute Gasteiger partial charge is 0.313 e. The van der Waals surface area contributed by atoms with Gasteiger partial charge in [-0.3, -0.25) is 4.90 Å². The lowest BCUT2D eigenvalue weighted by Crippen LogP contribution is -2.45. The number of hydrogen-bond donors (Lipinski definition) is 1. The molecule has 1 saturated heterocycles. The number of likely N-dealkylation sites (tertiary alicyclic amines) is 1. The van der Waals surface area contributed by atoms with E-state index in [2.05, 4.69) is 17.1 Å². The second-order valence-corrected chi connectivity index (χ2v) is 6.40. The Kier molecular flexibility index (Phi) is 3.72. The molecular weight excluding hydrogens is 208 g/mol. The zero-order valence-corrected chi connectivity index (χ0v) is 11.3. The molecule has 2 saturated carbocycles. The van der Waals surface area contributed by atoms with Crippen molar-refractivity contribution in [2.45, 2.75) is 64.0 Å². The summed E-state index contributed by atoms with van der Waals surface area (Å²) in [4.78, 5) is 2.83. The normalized spacial score (nSPS) is 35.8. The fourth-order valence-electron chi connectivity index (χ4n) is 4.12. The SMILES string of the molecule is CCNC(CN1CCC2CCCCC21)C1CC1. The Labute approximate surface area is 106 Å². The summed E-state index contributed by atoms with van der Waals surface area (Å²) in [5.41, 5.74) is 0. The van der Waals surface area contributed by atoms with Crippen molar-refractivity contribution in [3.05, 3.63) is 0 Å². The van der Waals surface area contributed by atoms with Gasteiger partial charge in [0.15, 0.2) is 0 Å². The van der Waals surface area contributed by atoms with Crippen molar-refractivity contribution < 1.29 is 0 Å². The third-order valence-electron chi connectivity index (χ3n) is 5.21. The first-order valence-electron chi connectivity index (χ1n) is 7.86. The molecule has 0 aromatic carbocycles. The molecule has 0 spiro atoms. The number of rotatable bonds is 5. The monoisotopic (exact) mass is 236 g/mol. The lowest BCUT2D eigenvalue weighted by atomic mass is 9.85. The van der Waals surface area contributed by atoms with Crippen LogP contribution in [0.25, 0.3) is 0 Å². The van der Waals surface area contributed by atoms with Gasteiger partial charge in [0.05, 0.1) is 0 Å². The van der Waals surface area contributed by atoms with Crippen LogP contribution in [0.5, 0.6) is 0 Å². The van der Waals surface area contributed by atoms with Crippen LogP contribution in [0.1, 0.15) is 51.9 Å². The Morgan fingerprint density at radius 3 is 2.71 bits per heavy atom. The van der Waals surface area contributed by atoms with Crippen LogP contribution >= 0.6 is 0 Å². The average molecular weight is 236 g/mol. The van der Waals surface area contributed by atoms with E-state index in [0.717, 1.165) is 30.5 Å². The van der Waals surface area contributed by atoms with Gasteiger partial charge in [-0.15, -0.1) is 0 Å². The Bertz CT molecular complexity index is 249. The highest BCUT2D eigenvalue weighted by Crippen LogP contribution is 2.38. The van der Waals surface area contributed by atoms with Gasteiger partial charge in [0.1, 0.15) is 0 Å². The molecule has 3 unspecified atom stereocenters. The summed E-state index contributed by atoms with van der Waals surface area (Å²) in [7, 11) is 0. The molecular formula is C15H28N2. The predicted molar refractivity (Wildman–Crippen MR) is 72.1 cm³/mol. The summed E-state index contributed by atoms with van der Waals surface area (Å²) >= 11 is 0. The van der Waals surface area contributed by atoms with Gasteiger partial charge in [-0.1, -0.05) is 19.8 Å². The van der Waals surface area contributed by atoms with Gasteiger partial charge in [-0.05, 0) is 57.0 Å². The third kappa shape index (κ3) is 2.68. The lowest BCUT2D eigenvalue weighted by molar-refractivity contribution is 0.162. The Morgan fingerprint density at radius 2 is 1.94 bits per heavy atom. The summed E-state index contributed by atoms with van der Waals surface area (Å²) in [5, 5.41) is 3.73. The topological polar surface area (TPSA) is 15.3 Å². The first-order valence-corrected chi connectivity index (χ1v) is 7.86. The zero-order valence-electron chi connectivity index (χ0n) is 11.3. The van der Waals surface area contributed by atoms with E-state index in [1.807, 2.05) is 0 Å². The lowest BCUT2D eigenvalue weighted by Gasteiger charge is -2.34. The van der Waals surface area contributed by atoms with Crippen molar-refractivity contribution in [1.82, 2.24) is 10.2 Å². The molecule has 3 aliphatic rings. The average Bonchev–Trinajstić information content (AvgIpc) is 3.12. The number of hydrogen-bond acceptors (Lipinski definition) is 2. The van der Waals surface area contributed by atoms with E-state index < -0.39 is 0 Å². The summed E-state index contributed by atoms with van der Waals surface area (Å²) in [6.07, 6.45) is 10.4. The number of fused-ring (bicyclic) bond motifs is 1. The molecule has 3 fully saturated rings. The standard InChI is InChI=1S/C15H28N2/c1-2-16-14(12-7-8-12)11-17-10-9-13-5-3-4-6-15(13)17/h12-16H,2-11H2,1H3. The maximum absolute atomic E-state index is 3.73. The molecule has 0 aromatic heterocycles. The van der Waals surface area contributed by atoms with Crippen LogP contribution in [-0.4, -0.2) is 36.6 Å². The molecule has 0 aromatic rings. The number of nitrogens with one attached hydrogen (secondary N) is 1.